The van der Waals surface area contributed by atoms with Gasteiger partial charge < -0.3 is 14.9 Å². The summed E-state index contributed by atoms with van der Waals surface area (Å²) in [4.78, 5) is 29.6. The number of ether oxygens (including phenoxy) is 1. The zero-order valence-electron chi connectivity index (χ0n) is 15.3. The van der Waals surface area contributed by atoms with Gasteiger partial charge in [-0.05, 0) is 6.42 Å². The van der Waals surface area contributed by atoms with Gasteiger partial charge >= 0.3 is 6.03 Å². The van der Waals surface area contributed by atoms with Crippen molar-refractivity contribution >= 4 is 17.9 Å². The highest BCUT2D eigenvalue weighted by Crippen LogP contribution is 2.23. The monoisotopic (exact) mass is 370 g/mol. The van der Waals surface area contributed by atoms with Gasteiger partial charge in [0.25, 0.3) is 0 Å². The molecule has 0 aromatic carbocycles. The molecule has 0 aromatic rings. The van der Waals surface area contributed by atoms with Gasteiger partial charge in [0.1, 0.15) is 19.0 Å². The number of nitrogens with zero attached hydrogens (tertiary/aromatic N) is 2. The van der Waals surface area contributed by atoms with Crippen LogP contribution in [0, 0.1) is 0 Å². The fourth-order valence-electron chi connectivity index (χ4n) is 3.05. The average Bonchev–Trinajstić information content (AvgIpc) is 2.98. The molecule has 9 heteroatoms. The molecular formula is C17H30N4O5. The second-order valence-corrected chi connectivity index (χ2v) is 6.73. The Balaban J connectivity index is 1.71. The lowest BCUT2D eigenvalue weighted by Gasteiger charge is -2.30. The first-order chi connectivity index (χ1) is 12.5. The Hall–Kier alpha value is -1.71. The van der Waals surface area contributed by atoms with Crippen molar-refractivity contribution in [3.05, 3.63) is 0 Å². The van der Waals surface area contributed by atoms with Crippen molar-refractivity contribution in [3.63, 3.8) is 0 Å². The summed E-state index contributed by atoms with van der Waals surface area (Å²) in [6.07, 6.45) is 5.06. The minimum atomic E-state index is -0.819. The number of carbonyl (C=O) groups is 2. The van der Waals surface area contributed by atoms with Crippen LogP contribution in [0.5, 0.6) is 0 Å². The highest BCUT2D eigenvalue weighted by Gasteiger charge is 2.39. The van der Waals surface area contributed by atoms with E-state index in [9.17, 15) is 14.7 Å². The Labute approximate surface area is 153 Å². The van der Waals surface area contributed by atoms with Crippen molar-refractivity contribution in [2.24, 2.45) is 4.99 Å². The first-order valence-corrected chi connectivity index (χ1v) is 9.41. The summed E-state index contributed by atoms with van der Waals surface area (Å²) in [6, 6.07) is -0.453. The second kappa shape index (κ2) is 10.4. The Morgan fingerprint density at radius 2 is 2.08 bits per heavy atom. The third kappa shape index (κ3) is 5.93. The zero-order valence-corrected chi connectivity index (χ0v) is 15.3. The maximum absolute atomic E-state index is 12.2. The smallest absolute Gasteiger partial charge is 0.327 e. The van der Waals surface area contributed by atoms with Crippen LogP contribution in [0.15, 0.2) is 4.99 Å². The molecule has 2 heterocycles. The number of hydrogen-bond donors (Lipinski definition) is 4. The summed E-state index contributed by atoms with van der Waals surface area (Å²) in [5.74, 6) is -0.0274. The molecule has 0 aliphatic carbocycles. The molecule has 9 nitrogen and oxygen atoms in total. The molecule has 2 aliphatic heterocycles. The lowest BCUT2D eigenvalue weighted by molar-refractivity contribution is -0.119. The quantitative estimate of drug-likeness (QED) is 0.444. The van der Waals surface area contributed by atoms with E-state index in [-0.39, 0.29) is 31.6 Å². The number of unbranched alkanes of at least 4 members (excludes halogenated alkanes) is 5. The third-order valence-corrected chi connectivity index (χ3v) is 4.61. The van der Waals surface area contributed by atoms with Gasteiger partial charge in [-0.25, -0.2) is 9.79 Å². The molecule has 0 unspecified atom stereocenters. The van der Waals surface area contributed by atoms with Crippen LogP contribution >= 0.6 is 0 Å². The number of guanidine groups is 1. The van der Waals surface area contributed by atoms with E-state index in [1.807, 2.05) is 0 Å². The highest BCUT2D eigenvalue weighted by atomic mass is 16.5. The van der Waals surface area contributed by atoms with Crippen LogP contribution in [0.3, 0.4) is 0 Å². The number of nitrogens with one attached hydrogen (secondary N) is 2. The Bertz CT molecular complexity index is 513. The van der Waals surface area contributed by atoms with Crippen LogP contribution in [0.2, 0.25) is 0 Å². The number of aliphatic hydroxyl groups is 2. The second-order valence-electron chi connectivity index (χ2n) is 6.73. The summed E-state index contributed by atoms with van der Waals surface area (Å²) in [5.41, 5.74) is 0. The van der Waals surface area contributed by atoms with Crippen LogP contribution < -0.4 is 10.6 Å². The van der Waals surface area contributed by atoms with E-state index >= 15 is 0 Å². The number of aliphatic hydroxyl groups excluding tert-OH is 2. The topological polar surface area (TPSA) is 123 Å². The number of aliphatic imine (C=N–C) groups is 1. The Kier molecular flexibility index (Phi) is 8.27. The van der Waals surface area contributed by atoms with Gasteiger partial charge in [0.05, 0.1) is 12.7 Å². The molecule has 3 atom stereocenters. The first kappa shape index (κ1) is 20.6. The van der Waals surface area contributed by atoms with Crippen molar-refractivity contribution in [1.82, 2.24) is 15.5 Å². The molecular weight excluding hydrogens is 340 g/mol. The molecule has 1 fully saturated rings. The van der Waals surface area contributed by atoms with Crippen molar-refractivity contribution < 1.29 is 24.5 Å². The molecule has 2 rings (SSSR count). The van der Waals surface area contributed by atoms with Crippen LogP contribution in [0.1, 0.15) is 58.3 Å². The van der Waals surface area contributed by atoms with Crippen molar-refractivity contribution in [1.29, 1.82) is 0 Å². The number of carbonyl (C=O) groups excluding carboxylic acids is 2. The predicted molar refractivity (Wildman–Crippen MR) is 95.2 cm³/mol. The molecule has 1 saturated heterocycles. The summed E-state index contributed by atoms with van der Waals surface area (Å²) in [7, 11) is 0. The Morgan fingerprint density at radius 1 is 1.35 bits per heavy atom. The molecule has 148 valence electrons. The van der Waals surface area contributed by atoms with Gasteiger partial charge in [0, 0.05) is 12.8 Å². The molecule has 26 heavy (non-hydrogen) atoms. The molecule has 4 N–H and O–H groups in total. The van der Waals surface area contributed by atoms with Crippen molar-refractivity contribution in [2.75, 3.05) is 13.3 Å². The fourth-order valence-corrected chi connectivity index (χ4v) is 3.05. The maximum Gasteiger partial charge on any atom is 0.327 e. The number of urea groups is 1. The zero-order chi connectivity index (χ0) is 18.9. The molecule has 0 spiro atoms. The van der Waals surface area contributed by atoms with Crippen LogP contribution in [-0.4, -0.2) is 64.7 Å². The fraction of sp³-hybridized carbons (Fsp3) is 0.824. The van der Waals surface area contributed by atoms with Crippen molar-refractivity contribution in [3.8, 4) is 0 Å². The first-order valence-electron chi connectivity index (χ1n) is 9.41. The minimum Gasteiger partial charge on any atom is -0.394 e. The van der Waals surface area contributed by atoms with E-state index in [1.165, 1.54) is 24.2 Å². The predicted octanol–water partition coefficient (Wildman–Crippen LogP) is 0.660. The van der Waals surface area contributed by atoms with E-state index in [0.717, 1.165) is 19.3 Å². The van der Waals surface area contributed by atoms with Crippen LogP contribution in [0.4, 0.5) is 4.79 Å². The van der Waals surface area contributed by atoms with Gasteiger partial charge in [-0.2, -0.15) is 0 Å². The van der Waals surface area contributed by atoms with Crippen LogP contribution in [0.25, 0.3) is 0 Å². The van der Waals surface area contributed by atoms with E-state index in [0.29, 0.717) is 6.42 Å². The van der Waals surface area contributed by atoms with Crippen LogP contribution in [-0.2, 0) is 9.53 Å². The maximum atomic E-state index is 12.2. The summed E-state index contributed by atoms with van der Waals surface area (Å²) in [5, 5.41) is 24.0. The average molecular weight is 370 g/mol. The van der Waals surface area contributed by atoms with Gasteiger partial charge in [0.15, 0.2) is 0 Å². The summed E-state index contributed by atoms with van der Waals surface area (Å²) >= 11 is 0. The number of rotatable bonds is 9. The van der Waals surface area contributed by atoms with Gasteiger partial charge in [-0.15, -0.1) is 0 Å². The van der Waals surface area contributed by atoms with E-state index in [2.05, 4.69) is 22.5 Å². The SMILES string of the molecule is CCCCCCCCC(=O)NC1=NCN([C@@H]2C[C@H](O)[C@@H](CO)O2)C(=O)N1. The van der Waals surface area contributed by atoms with E-state index in [4.69, 9.17) is 9.84 Å². The standard InChI is InChI=1S/C17H30N4O5/c1-2-3-4-5-6-7-8-14(24)19-16-18-11-21(17(25)20-16)15-9-12(23)13(10-22)26-15/h12-13,15,22-23H,2-11H2,1H3,(H2,18,19,20,24,25)/t12-,13+,15-/m0/s1. The Morgan fingerprint density at radius 3 is 2.73 bits per heavy atom. The molecule has 3 amide bonds. The van der Waals surface area contributed by atoms with E-state index < -0.39 is 24.5 Å². The number of hydrogen-bond acceptors (Lipinski definition) is 6. The van der Waals surface area contributed by atoms with Crippen molar-refractivity contribution in [2.45, 2.75) is 76.7 Å². The summed E-state index contributed by atoms with van der Waals surface area (Å²) < 4.78 is 5.45. The lowest BCUT2D eigenvalue weighted by atomic mass is 10.1. The lowest BCUT2D eigenvalue weighted by Crippen LogP contribution is -2.56. The molecule has 0 saturated carbocycles. The molecule has 0 bridgehead atoms. The van der Waals surface area contributed by atoms with E-state index in [1.54, 1.807) is 0 Å². The molecule has 0 radical (unpaired) electrons. The molecule has 2 aliphatic rings. The normalized spacial score (nSPS) is 25.8. The van der Waals surface area contributed by atoms with Gasteiger partial charge in [-0.1, -0.05) is 39.0 Å². The molecule has 0 aromatic heterocycles. The summed E-state index contributed by atoms with van der Waals surface area (Å²) in [6.45, 7) is 1.88. The third-order valence-electron chi connectivity index (χ3n) is 4.61. The van der Waals surface area contributed by atoms with Gasteiger partial charge in [0.2, 0.25) is 11.9 Å². The highest BCUT2D eigenvalue weighted by molar-refractivity contribution is 6.05. The minimum absolute atomic E-state index is 0.0218. The largest absolute Gasteiger partial charge is 0.394 e. The van der Waals surface area contributed by atoms with Gasteiger partial charge in [-0.3, -0.25) is 20.3 Å². The number of amides is 3.